The molecule has 0 aliphatic carbocycles. The molecule has 17 heavy (non-hydrogen) atoms. The molecule has 1 fully saturated rings. The number of aromatic nitrogens is 2. The van der Waals surface area contributed by atoms with Crippen LogP contribution in [0.25, 0.3) is 0 Å². The highest BCUT2D eigenvalue weighted by atomic mass is 16.5. The third-order valence-electron chi connectivity index (χ3n) is 2.77. The normalized spacial score (nSPS) is 20.2. The number of rotatable bonds is 4. The number of amides is 1. The van der Waals surface area contributed by atoms with Gasteiger partial charge in [0.05, 0.1) is 25.7 Å². The van der Waals surface area contributed by atoms with E-state index < -0.39 is 0 Å². The minimum atomic E-state index is -0.00435. The number of H-pyrrole nitrogens is 1. The van der Waals surface area contributed by atoms with Gasteiger partial charge < -0.3 is 19.9 Å². The van der Waals surface area contributed by atoms with Crippen LogP contribution in [-0.2, 0) is 16.1 Å². The van der Waals surface area contributed by atoms with E-state index in [0.29, 0.717) is 19.6 Å². The van der Waals surface area contributed by atoms with Gasteiger partial charge in [0.15, 0.2) is 0 Å². The molecule has 0 spiro atoms. The third kappa shape index (κ3) is 3.54. The summed E-state index contributed by atoms with van der Waals surface area (Å²) < 4.78 is 5.50. The highest BCUT2D eigenvalue weighted by molar-refractivity contribution is 5.76. The lowest BCUT2D eigenvalue weighted by Gasteiger charge is -2.25. The lowest BCUT2D eigenvalue weighted by molar-refractivity contribution is -0.134. The minimum Gasteiger partial charge on any atom is -0.375 e. The summed E-state index contributed by atoms with van der Waals surface area (Å²) in [4.78, 5) is 20.6. The van der Waals surface area contributed by atoms with Crippen molar-refractivity contribution in [3.8, 4) is 0 Å². The van der Waals surface area contributed by atoms with Gasteiger partial charge >= 0.3 is 0 Å². The van der Waals surface area contributed by atoms with Crippen molar-refractivity contribution in [3.63, 3.8) is 0 Å². The average Bonchev–Trinajstić information content (AvgIpc) is 2.83. The summed E-state index contributed by atoms with van der Waals surface area (Å²) in [6.45, 7) is 2.80. The lowest BCUT2D eigenvalue weighted by atomic mass is 10.2. The van der Waals surface area contributed by atoms with Crippen LogP contribution in [-0.4, -0.2) is 53.6 Å². The highest BCUT2D eigenvalue weighted by Gasteiger charge is 2.19. The van der Waals surface area contributed by atoms with Crippen molar-refractivity contribution >= 4 is 5.91 Å². The topological polar surface area (TPSA) is 70.2 Å². The van der Waals surface area contributed by atoms with E-state index in [1.165, 1.54) is 0 Å². The molecule has 2 rings (SSSR count). The molecular formula is C11H18N4O2. The Labute approximate surface area is 100 Å². The Kier molecular flexibility index (Phi) is 4.11. The quantitative estimate of drug-likeness (QED) is 0.758. The predicted molar refractivity (Wildman–Crippen MR) is 62.3 cm³/mol. The largest absolute Gasteiger partial charge is 0.375 e. The number of hydrogen-bond donors (Lipinski definition) is 2. The van der Waals surface area contributed by atoms with Gasteiger partial charge in [0.2, 0.25) is 5.91 Å². The van der Waals surface area contributed by atoms with Gasteiger partial charge in [-0.3, -0.25) is 4.79 Å². The van der Waals surface area contributed by atoms with Crippen molar-refractivity contribution in [3.05, 3.63) is 18.2 Å². The fraction of sp³-hybridized carbons (Fsp3) is 0.636. The first-order valence-corrected chi connectivity index (χ1v) is 5.80. The number of imidazole rings is 1. The van der Waals surface area contributed by atoms with Crippen LogP contribution in [0.1, 0.15) is 12.2 Å². The molecule has 6 heteroatoms. The Morgan fingerprint density at radius 3 is 3.24 bits per heavy atom. The number of hydrogen-bond acceptors (Lipinski definition) is 4. The van der Waals surface area contributed by atoms with Gasteiger partial charge in [-0.15, -0.1) is 0 Å². The van der Waals surface area contributed by atoms with Crippen LogP contribution < -0.4 is 5.32 Å². The number of nitrogens with one attached hydrogen (secondary N) is 2. The van der Waals surface area contributed by atoms with Crippen molar-refractivity contribution in [2.24, 2.45) is 0 Å². The summed E-state index contributed by atoms with van der Waals surface area (Å²) in [5, 5.41) is 3.21. The van der Waals surface area contributed by atoms with Crippen LogP contribution in [0.5, 0.6) is 0 Å². The maximum absolute atomic E-state index is 11.9. The van der Waals surface area contributed by atoms with Crippen molar-refractivity contribution in [2.75, 3.05) is 26.7 Å². The molecule has 1 aromatic rings. The zero-order valence-electron chi connectivity index (χ0n) is 9.98. The van der Waals surface area contributed by atoms with Crippen LogP contribution in [0, 0.1) is 0 Å². The van der Waals surface area contributed by atoms with Gasteiger partial charge in [0.25, 0.3) is 0 Å². The summed E-state index contributed by atoms with van der Waals surface area (Å²) >= 11 is 0. The Morgan fingerprint density at radius 1 is 1.71 bits per heavy atom. The lowest BCUT2D eigenvalue weighted by Crippen LogP contribution is -2.41. The number of carbonyl (C=O) groups excluding carboxylic acids is 1. The van der Waals surface area contributed by atoms with Crippen molar-refractivity contribution < 1.29 is 9.53 Å². The summed E-state index contributed by atoms with van der Waals surface area (Å²) in [6, 6.07) is 0. The molecule has 1 atom stereocenters. The summed E-state index contributed by atoms with van der Waals surface area (Å²) in [5.41, 5.74) is 0. The molecule has 1 amide bonds. The minimum absolute atomic E-state index is 0.00435. The smallest absolute Gasteiger partial charge is 0.225 e. The molecule has 1 aliphatic heterocycles. The number of aromatic amines is 1. The third-order valence-corrected chi connectivity index (χ3v) is 2.77. The summed E-state index contributed by atoms with van der Waals surface area (Å²) in [7, 11) is 1.78. The van der Waals surface area contributed by atoms with Crippen LogP contribution in [0.3, 0.4) is 0 Å². The molecule has 1 saturated heterocycles. The fourth-order valence-corrected chi connectivity index (χ4v) is 1.80. The molecule has 0 bridgehead atoms. The van der Waals surface area contributed by atoms with E-state index in [2.05, 4.69) is 15.3 Å². The standard InChI is InChI=1S/C11H18N4O2/c1-15(8-10-13-2-3-14-10)11(16)6-9-7-12-4-5-17-9/h2-3,9,12H,4-8H2,1H3,(H,13,14). The van der Waals surface area contributed by atoms with Gasteiger partial charge in [0, 0.05) is 32.5 Å². The Hall–Kier alpha value is -1.40. The molecule has 6 nitrogen and oxygen atoms in total. The van der Waals surface area contributed by atoms with Gasteiger partial charge in [0.1, 0.15) is 5.82 Å². The summed E-state index contributed by atoms with van der Waals surface area (Å²) in [6.07, 6.45) is 3.85. The number of ether oxygens (including phenoxy) is 1. The van der Waals surface area contributed by atoms with E-state index in [9.17, 15) is 4.79 Å². The molecule has 1 unspecified atom stereocenters. The zero-order chi connectivity index (χ0) is 12.1. The van der Waals surface area contributed by atoms with Gasteiger partial charge in [-0.05, 0) is 0 Å². The highest BCUT2D eigenvalue weighted by Crippen LogP contribution is 2.05. The van der Waals surface area contributed by atoms with Gasteiger partial charge in [-0.1, -0.05) is 0 Å². The molecule has 1 aromatic heterocycles. The predicted octanol–water partition coefficient (Wildman–Crippen LogP) is -0.253. The van der Waals surface area contributed by atoms with E-state index in [1.807, 2.05) is 0 Å². The molecule has 0 radical (unpaired) electrons. The van der Waals surface area contributed by atoms with Crippen LogP contribution in [0.4, 0.5) is 0 Å². The molecule has 2 heterocycles. The molecular weight excluding hydrogens is 220 g/mol. The van der Waals surface area contributed by atoms with E-state index in [4.69, 9.17) is 4.74 Å². The van der Waals surface area contributed by atoms with Crippen LogP contribution in [0.2, 0.25) is 0 Å². The second-order valence-corrected chi connectivity index (χ2v) is 4.19. The number of nitrogens with zero attached hydrogens (tertiary/aromatic N) is 2. The van der Waals surface area contributed by atoms with E-state index in [0.717, 1.165) is 18.9 Å². The number of carbonyl (C=O) groups is 1. The maximum atomic E-state index is 11.9. The van der Waals surface area contributed by atoms with Crippen molar-refractivity contribution in [1.29, 1.82) is 0 Å². The van der Waals surface area contributed by atoms with Crippen LogP contribution >= 0.6 is 0 Å². The zero-order valence-corrected chi connectivity index (χ0v) is 9.98. The molecule has 0 saturated carbocycles. The number of morpholine rings is 1. The second kappa shape index (κ2) is 5.79. The molecule has 2 N–H and O–H groups in total. The van der Waals surface area contributed by atoms with Gasteiger partial charge in [-0.2, -0.15) is 0 Å². The average molecular weight is 238 g/mol. The fourth-order valence-electron chi connectivity index (χ4n) is 1.80. The second-order valence-electron chi connectivity index (χ2n) is 4.19. The first-order valence-electron chi connectivity index (χ1n) is 5.80. The first-order chi connectivity index (χ1) is 8.25. The van der Waals surface area contributed by atoms with E-state index in [-0.39, 0.29) is 12.0 Å². The van der Waals surface area contributed by atoms with Crippen molar-refractivity contribution in [1.82, 2.24) is 20.2 Å². The molecule has 94 valence electrons. The Bertz CT molecular complexity index is 346. The SMILES string of the molecule is CN(Cc1ncc[nH]1)C(=O)CC1CNCCO1. The Balaban J connectivity index is 1.78. The monoisotopic (exact) mass is 238 g/mol. The van der Waals surface area contributed by atoms with Gasteiger partial charge in [-0.25, -0.2) is 4.98 Å². The van der Waals surface area contributed by atoms with Crippen molar-refractivity contribution in [2.45, 2.75) is 19.1 Å². The maximum Gasteiger partial charge on any atom is 0.225 e. The van der Waals surface area contributed by atoms with E-state index >= 15 is 0 Å². The molecule has 1 aliphatic rings. The summed E-state index contributed by atoms with van der Waals surface area (Å²) in [5.74, 6) is 0.874. The van der Waals surface area contributed by atoms with Crippen LogP contribution in [0.15, 0.2) is 12.4 Å². The first kappa shape index (κ1) is 12.1. The Morgan fingerprint density at radius 2 is 2.59 bits per heavy atom. The molecule has 0 aromatic carbocycles. The van der Waals surface area contributed by atoms with E-state index in [1.54, 1.807) is 24.3 Å².